The highest BCUT2D eigenvalue weighted by Gasteiger charge is 2.18. The first-order valence-electron chi connectivity index (χ1n) is 10.8. The number of hydrogen-bond acceptors (Lipinski definition) is 6. The molecule has 4 rings (SSSR count). The molecular formula is C25H28N4O3. The maximum atomic E-state index is 12.7. The molecule has 0 aliphatic carbocycles. The van der Waals surface area contributed by atoms with Crippen LogP contribution in [0.25, 0.3) is 11.3 Å². The van der Waals surface area contributed by atoms with Crippen LogP contribution in [0.3, 0.4) is 0 Å². The van der Waals surface area contributed by atoms with E-state index < -0.39 is 0 Å². The third-order valence-corrected chi connectivity index (χ3v) is 5.69. The Labute approximate surface area is 188 Å². The molecule has 1 saturated heterocycles. The lowest BCUT2D eigenvalue weighted by molar-refractivity contribution is 0.0950. The van der Waals surface area contributed by atoms with Crippen molar-refractivity contribution < 1.29 is 14.3 Å². The average Bonchev–Trinajstić information content (AvgIpc) is 2.87. The molecule has 2 heterocycles. The Kier molecular flexibility index (Phi) is 6.84. The van der Waals surface area contributed by atoms with Crippen LogP contribution in [-0.4, -0.2) is 43.2 Å². The maximum absolute atomic E-state index is 12.7. The molecule has 32 heavy (non-hydrogen) atoms. The molecule has 0 saturated carbocycles. The van der Waals surface area contributed by atoms with Gasteiger partial charge in [0.25, 0.3) is 5.91 Å². The number of ether oxygens (including phenoxy) is 2. The Balaban J connectivity index is 1.46. The van der Waals surface area contributed by atoms with Crippen LogP contribution >= 0.6 is 0 Å². The van der Waals surface area contributed by atoms with Crippen LogP contribution in [0.1, 0.15) is 35.2 Å². The molecule has 3 aromatic rings. The SMILES string of the molecule is COc1ccc(CNC(=O)c2ccc(-c3nccnc3N3CCCCC3)cc2)c(OC)c1. The summed E-state index contributed by atoms with van der Waals surface area (Å²) < 4.78 is 10.6. The number of rotatable bonds is 7. The highest BCUT2D eigenvalue weighted by molar-refractivity contribution is 5.94. The quantitative estimate of drug-likeness (QED) is 0.606. The molecule has 1 aliphatic rings. The summed E-state index contributed by atoms with van der Waals surface area (Å²) in [6, 6.07) is 13.0. The number of aromatic nitrogens is 2. The second kappa shape index (κ2) is 10.1. The minimum Gasteiger partial charge on any atom is -0.497 e. The van der Waals surface area contributed by atoms with Gasteiger partial charge in [-0.3, -0.25) is 9.78 Å². The molecule has 7 nitrogen and oxygen atoms in total. The van der Waals surface area contributed by atoms with Gasteiger partial charge in [-0.2, -0.15) is 0 Å². The first-order valence-corrected chi connectivity index (χ1v) is 10.8. The lowest BCUT2D eigenvalue weighted by atomic mass is 10.1. The van der Waals surface area contributed by atoms with Crippen LogP contribution in [0.2, 0.25) is 0 Å². The van der Waals surface area contributed by atoms with Crippen LogP contribution in [0.4, 0.5) is 5.82 Å². The Bertz CT molecular complexity index is 1060. The summed E-state index contributed by atoms with van der Waals surface area (Å²) >= 11 is 0. The molecule has 2 aromatic carbocycles. The van der Waals surface area contributed by atoms with E-state index in [1.165, 1.54) is 19.3 Å². The monoisotopic (exact) mass is 432 g/mol. The number of nitrogens with one attached hydrogen (secondary N) is 1. The van der Waals surface area contributed by atoms with E-state index in [4.69, 9.17) is 9.47 Å². The second-order valence-corrected chi connectivity index (χ2v) is 7.71. The average molecular weight is 433 g/mol. The van der Waals surface area contributed by atoms with Crippen molar-refractivity contribution in [1.29, 1.82) is 0 Å². The number of methoxy groups -OCH3 is 2. The fourth-order valence-electron chi connectivity index (χ4n) is 3.93. The van der Waals surface area contributed by atoms with Crippen molar-refractivity contribution >= 4 is 11.7 Å². The molecule has 166 valence electrons. The van der Waals surface area contributed by atoms with Gasteiger partial charge in [-0.15, -0.1) is 0 Å². The smallest absolute Gasteiger partial charge is 0.251 e. The summed E-state index contributed by atoms with van der Waals surface area (Å²) in [5.41, 5.74) is 3.27. The van der Waals surface area contributed by atoms with Crippen LogP contribution in [0.5, 0.6) is 11.5 Å². The van der Waals surface area contributed by atoms with E-state index >= 15 is 0 Å². The number of amides is 1. The zero-order chi connectivity index (χ0) is 22.3. The number of carbonyl (C=O) groups excluding carboxylic acids is 1. The van der Waals surface area contributed by atoms with Crippen molar-refractivity contribution in [2.24, 2.45) is 0 Å². The van der Waals surface area contributed by atoms with Gasteiger partial charge in [0.1, 0.15) is 17.2 Å². The van der Waals surface area contributed by atoms with Crippen molar-refractivity contribution in [2.45, 2.75) is 25.8 Å². The zero-order valence-electron chi connectivity index (χ0n) is 18.5. The van der Waals surface area contributed by atoms with Gasteiger partial charge in [0.15, 0.2) is 5.82 Å². The summed E-state index contributed by atoms with van der Waals surface area (Å²) in [5.74, 6) is 2.15. The Hall–Kier alpha value is -3.61. The van der Waals surface area contributed by atoms with Crippen molar-refractivity contribution in [3.63, 3.8) is 0 Å². The first kappa shape index (κ1) is 21.6. The van der Waals surface area contributed by atoms with Crippen molar-refractivity contribution in [3.8, 4) is 22.8 Å². The Morgan fingerprint density at radius 3 is 2.44 bits per heavy atom. The van der Waals surface area contributed by atoms with Gasteiger partial charge in [0, 0.05) is 54.8 Å². The number of carbonyl (C=O) groups is 1. The van der Waals surface area contributed by atoms with Gasteiger partial charge in [-0.05, 0) is 43.5 Å². The molecule has 1 N–H and O–H groups in total. The predicted octanol–water partition coefficient (Wildman–Crippen LogP) is 4.08. The van der Waals surface area contributed by atoms with Crippen LogP contribution in [0, 0.1) is 0 Å². The van der Waals surface area contributed by atoms with Crippen LogP contribution in [0.15, 0.2) is 54.9 Å². The normalized spacial score (nSPS) is 13.5. The minimum atomic E-state index is -0.148. The fourth-order valence-corrected chi connectivity index (χ4v) is 3.93. The lowest BCUT2D eigenvalue weighted by Crippen LogP contribution is -2.30. The third kappa shape index (κ3) is 4.82. The summed E-state index contributed by atoms with van der Waals surface area (Å²) in [6.45, 7) is 2.36. The number of hydrogen-bond donors (Lipinski definition) is 1. The molecule has 1 amide bonds. The highest BCUT2D eigenvalue weighted by Crippen LogP contribution is 2.29. The summed E-state index contributed by atoms with van der Waals surface area (Å²) in [7, 11) is 3.21. The molecule has 0 spiro atoms. The molecule has 1 aromatic heterocycles. The van der Waals surface area contributed by atoms with Gasteiger partial charge < -0.3 is 19.7 Å². The van der Waals surface area contributed by atoms with Crippen molar-refractivity contribution in [3.05, 3.63) is 66.0 Å². The Morgan fingerprint density at radius 1 is 0.969 bits per heavy atom. The van der Waals surface area contributed by atoms with Gasteiger partial charge in [-0.1, -0.05) is 12.1 Å². The zero-order valence-corrected chi connectivity index (χ0v) is 18.5. The first-order chi connectivity index (χ1) is 15.7. The van der Waals surface area contributed by atoms with Crippen molar-refractivity contribution in [2.75, 3.05) is 32.2 Å². The van der Waals surface area contributed by atoms with Gasteiger partial charge in [0.2, 0.25) is 0 Å². The van der Waals surface area contributed by atoms with Gasteiger partial charge >= 0.3 is 0 Å². The topological polar surface area (TPSA) is 76.6 Å². The van der Waals surface area contributed by atoms with Crippen LogP contribution in [-0.2, 0) is 6.54 Å². The molecule has 7 heteroatoms. The van der Waals surface area contributed by atoms with E-state index in [1.54, 1.807) is 32.7 Å². The molecule has 0 bridgehead atoms. The predicted molar refractivity (Wildman–Crippen MR) is 124 cm³/mol. The van der Waals surface area contributed by atoms with E-state index in [-0.39, 0.29) is 5.91 Å². The van der Waals surface area contributed by atoms with Crippen molar-refractivity contribution in [1.82, 2.24) is 15.3 Å². The van der Waals surface area contributed by atoms with E-state index in [9.17, 15) is 4.79 Å². The molecule has 0 radical (unpaired) electrons. The van der Waals surface area contributed by atoms with E-state index in [0.717, 1.165) is 35.7 Å². The number of benzene rings is 2. The summed E-state index contributed by atoms with van der Waals surface area (Å²) in [5, 5.41) is 2.95. The van der Waals surface area contributed by atoms with Crippen LogP contribution < -0.4 is 19.7 Å². The molecule has 0 atom stereocenters. The Morgan fingerprint density at radius 2 is 1.72 bits per heavy atom. The molecule has 1 aliphatic heterocycles. The van der Waals surface area contributed by atoms with Gasteiger partial charge in [-0.25, -0.2) is 4.98 Å². The van der Waals surface area contributed by atoms with Gasteiger partial charge in [0.05, 0.1) is 14.2 Å². The minimum absolute atomic E-state index is 0.148. The molecular weight excluding hydrogens is 404 g/mol. The third-order valence-electron chi connectivity index (χ3n) is 5.69. The summed E-state index contributed by atoms with van der Waals surface area (Å²) in [4.78, 5) is 24.2. The number of piperidine rings is 1. The fraction of sp³-hybridized carbons (Fsp3) is 0.320. The van der Waals surface area contributed by atoms with E-state index in [1.807, 2.05) is 36.4 Å². The standard InChI is InChI=1S/C25H28N4O3/c1-31-21-11-10-20(22(16-21)32-2)17-28-25(30)19-8-6-18(7-9-19)23-24(27-13-12-26-23)29-14-4-3-5-15-29/h6-13,16H,3-5,14-15,17H2,1-2H3,(H,28,30). The second-order valence-electron chi connectivity index (χ2n) is 7.71. The lowest BCUT2D eigenvalue weighted by Gasteiger charge is -2.28. The maximum Gasteiger partial charge on any atom is 0.251 e. The number of nitrogens with zero attached hydrogens (tertiary/aromatic N) is 3. The largest absolute Gasteiger partial charge is 0.497 e. The van der Waals surface area contributed by atoms with E-state index in [2.05, 4.69) is 20.2 Å². The summed E-state index contributed by atoms with van der Waals surface area (Å²) in [6.07, 6.45) is 7.06. The van der Waals surface area contributed by atoms with E-state index in [0.29, 0.717) is 23.6 Å². The molecule has 1 fully saturated rings. The molecule has 0 unspecified atom stereocenters. The number of anilines is 1. The highest BCUT2D eigenvalue weighted by atomic mass is 16.5.